The maximum absolute atomic E-state index is 12.1. The van der Waals surface area contributed by atoms with E-state index < -0.39 is 0 Å². The average molecular weight is 378 g/mol. The van der Waals surface area contributed by atoms with Crippen LogP contribution in [0.4, 0.5) is 0 Å². The highest BCUT2D eigenvalue weighted by Gasteiger charge is 2.28. The third-order valence-corrected chi connectivity index (χ3v) is 4.82. The molecule has 0 saturated carbocycles. The summed E-state index contributed by atoms with van der Waals surface area (Å²) in [5.74, 6) is 1.12. The normalized spacial score (nSPS) is 19.1. The van der Waals surface area contributed by atoms with Crippen LogP contribution in [0.5, 0.6) is 0 Å². The Balaban J connectivity index is 1.98. The number of nitrogens with one attached hydrogen (secondary N) is 1. The first-order chi connectivity index (χ1) is 12.9. The molecule has 1 unspecified atom stereocenters. The van der Waals surface area contributed by atoms with Crippen LogP contribution < -0.4 is 5.32 Å². The molecule has 2 heterocycles. The first-order valence-electron chi connectivity index (χ1n) is 10.2. The minimum Gasteiger partial charge on any atom is -0.466 e. The Kier molecular flexibility index (Phi) is 8.13. The Morgan fingerprint density at radius 2 is 2.22 bits per heavy atom. The summed E-state index contributed by atoms with van der Waals surface area (Å²) in [4.78, 5) is 19.2. The Labute approximate surface area is 163 Å². The van der Waals surface area contributed by atoms with Gasteiger partial charge >= 0.3 is 5.97 Å². The van der Waals surface area contributed by atoms with E-state index in [4.69, 9.17) is 9.73 Å². The molecule has 7 nitrogen and oxygen atoms in total. The summed E-state index contributed by atoms with van der Waals surface area (Å²) < 4.78 is 7.27. The topological polar surface area (TPSA) is 71.8 Å². The first kappa shape index (κ1) is 21.3. The van der Waals surface area contributed by atoms with Crippen molar-refractivity contribution in [2.24, 2.45) is 16.8 Å². The predicted molar refractivity (Wildman–Crippen MR) is 108 cm³/mol. The number of aliphatic imine (C=N–C) groups is 1. The van der Waals surface area contributed by atoms with Gasteiger partial charge in [-0.2, -0.15) is 5.10 Å². The summed E-state index contributed by atoms with van der Waals surface area (Å²) in [5.41, 5.74) is 2.23. The van der Waals surface area contributed by atoms with Gasteiger partial charge in [0.05, 0.1) is 18.2 Å². The molecule has 0 aromatic carbocycles. The summed E-state index contributed by atoms with van der Waals surface area (Å²) in [7, 11) is 0. The zero-order chi connectivity index (χ0) is 19.8. The fraction of sp³-hybridized carbons (Fsp3) is 0.750. The van der Waals surface area contributed by atoms with Crippen LogP contribution in [0.25, 0.3) is 0 Å². The molecule has 2 atom stereocenters. The molecule has 0 radical (unpaired) electrons. The molecule has 152 valence electrons. The third-order valence-electron chi connectivity index (χ3n) is 4.82. The molecule has 0 amide bonds. The van der Waals surface area contributed by atoms with Crippen LogP contribution >= 0.6 is 0 Å². The van der Waals surface area contributed by atoms with Crippen molar-refractivity contribution in [1.82, 2.24) is 20.0 Å². The van der Waals surface area contributed by atoms with E-state index in [-0.39, 0.29) is 11.9 Å². The molecule has 0 spiro atoms. The number of piperidine rings is 1. The predicted octanol–water partition coefficient (Wildman–Crippen LogP) is 2.38. The Morgan fingerprint density at radius 3 is 2.85 bits per heavy atom. The molecule has 0 bridgehead atoms. The molecular formula is C20H35N5O2. The van der Waals surface area contributed by atoms with E-state index in [1.165, 1.54) is 5.69 Å². The minimum atomic E-state index is -0.0871. The van der Waals surface area contributed by atoms with Gasteiger partial charge in [0.25, 0.3) is 0 Å². The van der Waals surface area contributed by atoms with Gasteiger partial charge in [-0.1, -0.05) is 6.92 Å². The Hall–Kier alpha value is -2.05. The molecule has 1 aliphatic rings. The second-order valence-electron chi connectivity index (χ2n) is 7.45. The lowest BCUT2D eigenvalue weighted by molar-refractivity contribution is -0.149. The number of hydrogen-bond acceptors (Lipinski definition) is 4. The van der Waals surface area contributed by atoms with Gasteiger partial charge in [0, 0.05) is 38.4 Å². The van der Waals surface area contributed by atoms with Crippen LogP contribution in [0.3, 0.4) is 0 Å². The summed E-state index contributed by atoms with van der Waals surface area (Å²) in [6.45, 7) is 14.7. The molecule has 2 rings (SSSR count). The fourth-order valence-corrected chi connectivity index (χ4v) is 3.50. The van der Waals surface area contributed by atoms with Crippen LogP contribution in [0.2, 0.25) is 0 Å². The van der Waals surface area contributed by atoms with Gasteiger partial charge < -0.3 is 15.0 Å². The Bertz CT molecular complexity index is 640. The molecule has 1 aromatic heterocycles. The first-order valence-corrected chi connectivity index (χ1v) is 10.2. The number of carbonyl (C=O) groups is 1. The van der Waals surface area contributed by atoms with E-state index in [9.17, 15) is 4.79 Å². The Morgan fingerprint density at radius 1 is 1.44 bits per heavy atom. The summed E-state index contributed by atoms with van der Waals surface area (Å²) in [6.07, 6.45) is 1.87. The molecule has 1 aliphatic heterocycles. The lowest BCUT2D eigenvalue weighted by Gasteiger charge is -2.34. The SMILES string of the molecule is CCNC(=NCC(C)Cn1nc(C)cc1C)N1CCC[C@H](C(=O)OCC)C1. The molecule has 1 aromatic rings. The number of ether oxygens (including phenoxy) is 1. The monoisotopic (exact) mass is 377 g/mol. The van der Waals surface area contributed by atoms with Crippen LogP contribution in [-0.2, 0) is 16.1 Å². The van der Waals surface area contributed by atoms with E-state index >= 15 is 0 Å². The van der Waals surface area contributed by atoms with Crippen molar-refractivity contribution in [3.63, 3.8) is 0 Å². The standard InChI is InChI=1S/C20H35N5O2/c1-6-21-20(24-10-8-9-18(14-24)19(26)27-7-2)22-12-15(3)13-25-17(5)11-16(4)23-25/h11,15,18H,6-10,12-14H2,1-5H3,(H,21,22)/t15?,18-/m0/s1. The van der Waals surface area contributed by atoms with E-state index in [1.54, 1.807) is 0 Å². The summed E-state index contributed by atoms with van der Waals surface area (Å²) >= 11 is 0. The van der Waals surface area contributed by atoms with Gasteiger partial charge in [-0.05, 0) is 52.5 Å². The zero-order valence-corrected chi connectivity index (χ0v) is 17.5. The van der Waals surface area contributed by atoms with Crippen molar-refractivity contribution in [3.05, 3.63) is 17.5 Å². The lowest BCUT2D eigenvalue weighted by Crippen LogP contribution is -2.48. The summed E-state index contributed by atoms with van der Waals surface area (Å²) in [5, 5.41) is 7.92. The average Bonchev–Trinajstić information content (AvgIpc) is 2.96. The van der Waals surface area contributed by atoms with Crippen molar-refractivity contribution in [3.8, 4) is 0 Å². The van der Waals surface area contributed by atoms with Crippen molar-refractivity contribution < 1.29 is 9.53 Å². The number of aryl methyl sites for hydroxylation is 2. The molecule has 27 heavy (non-hydrogen) atoms. The number of hydrogen-bond donors (Lipinski definition) is 1. The number of likely N-dealkylation sites (tertiary alicyclic amines) is 1. The molecule has 7 heteroatoms. The number of rotatable bonds is 7. The number of nitrogens with zero attached hydrogens (tertiary/aromatic N) is 4. The molecule has 1 saturated heterocycles. The van der Waals surface area contributed by atoms with Gasteiger partial charge in [-0.3, -0.25) is 14.5 Å². The molecule has 1 N–H and O–H groups in total. The van der Waals surface area contributed by atoms with Gasteiger partial charge in [0.15, 0.2) is 5.96 Å². The van der Waals surface area contributed by atoms with Gasteiger partial charge in [-0.15, -0.1) is 0 Å². The summed E-state index contributed by atoms with van der Waals surface area (Å²) in [6, 6.07) is 2.10. The molecule has 1 fully saturated rings. The van der Waals surface area contributed by atoms with Gasteiger partial charge in [0.1, 0.15) is 0 Å². The van der Waals surface area contributed by atoms with E-state index in [2.05, 4.69) is 46.8 Å². The maximum atomic E-state index is 12.1. The number of guanidine groups is 1. The highest BCUT2D eigenvalue weighted by atomic mass is 16.5. The van der Waals surface area contributed by atoms with Crippen molar-refractivity contribution in [1.29, 1.82) is 0 Å². The fourth-order valence-electron chi connectivity index (χ4n) is 3.50. The quantitative estimate of drug-likeness (QED) is 0.449. The van der Waals surface area contributed by atoms with Crippen molar-refractivity contribution >= 4 is 11.9 Å². The third kappa shape index (κ3) is 6.26. The van der Waals surface area contributed by atoms with E-state index in [0.717, 1.165) is 50.7 Å². The van der Waals surface area contributed by atoms with Crippen molar-refractivity contribution in [2.75, 3.05) is 32.8 Å². The highest BCUT2D eigenvalue weighted by Crippen LogP contribution is 2.18. The highest BCUT2D eigenvalue weighted by molar-refractivity contribution is 5.81. The minimum absolute atomic E-state index is 0.0605. The largest absolute Gasteiger partial charge is 0.466 e. The van der Waals surface area contributed by atoms with E-state index in [1.807, 2.05) is 13.8 Å². The lowest BCUT2D eigenvalue weighted by atomic mass is 9.98. The van der Waals surface area contributed by atoms with E-state index in [0.29, 0.717) is 19.1 Å². The molecular weight excluding hydrogens is 342 g/mol. The van der Waals surface area contributed by atoms with Gasteiger partial charge in [-0.25, -0.2) is 0 Å². The van der Waals surface area contributed by atoms with Crippen LogP contribution in [0.15, 0.2) is 11.1 Å². The van der Waals surface area contributed by atoms with Crippen LogP contribution in [0, 0.1) is 25.7 Å². The zero-order valence-electron chi connectivity index (χ0n) is 17.5. The van der Waals surface area contributed by atoms with Gasteiger partial charge in [0.2, 0.25) is 0 Å². The smallest absolute Gasteiger partial charge is 0.310 e. The maximum Gasteiger partial charge on any atom is 0.310 e. The second kappa shape index (κ2) is 10.3. The van der Waals surface area contributed by atoms with Crippen molar-refractivity contribution in [2.45, 2.75) is 54.0 Å². The molecule has 0 aliphatic carbocycles. The van der Waals surface area contributed by atoms with Crippen LogP contribution in [0.1, 0.15) is 45.0 Å². The second-order valence-corrected chi connectivity index (χ2v) is 7.45. The van der Waals surface area contributed by atoms with Crippen LogP contribution in [-0.4, -0.2) is 59.4 Å². The number of aromatic nitrogens is 2. The number of carbonyl (C=O) groups excluding carboxylic acids is 1. The number of esters is 1.